The Bertz CT molecular complexity index is 518. The molecule has 1 aliphatic heterocycles. The van der Waals surface area contributed by atoms with Crippen LogP contribution in [0, 0.1) is 0 Å². The molecule has 0 fully saturated rings. The Hall–Kier alpha value is -2.10. The highest BCUT2D eigenvalue weighted by Crippen LogP contribution is 2.30. The van der Waals surface area contributed by atoms with E-state index in [0.29, 0.717) is 5.57 Å². The largest absolute Gasteiger partial charge is 0.466 e. The molecule has 0 aliphatic carbocycles. The quantitative estimate of drug-likeness (QED) is 0.811. The van der Waals surface area contributed by atoms with Crippen molar-refractivity contribution in [1.82, 2.24) is 5.43 Å². The minimum absolute atomic E-state index is 0.139. The number of allylic oxidation sites excluding steroid dienone is 1. The molecule has 1 aliphatic rings. The number of nitrogens with zero attached hydrogens (tertiary/aromatic N) is 1. The van der Waals surface area contributed by atoms with Gasteiger partial charge in [-0.2, -0.15) is 5.10 Å². The molecule has 18 heavy (non-hydrogen) atoms. The summed E-state index contributed by atoms with van der Waals surface area (Å²) in [6.07, 6.45) is 0. The summed E-state index contributed by atoms with van der Waals surface area (Å²) in [7, 11) is 1.39. The van der Waals surface area contributed by atoms with Crippen LogP contribution in [0.5, 0.6) is 0 Å². The van der Waals surface area contributed by atoms with Crippen LogP contribution in [0.4, 0.5) is 0 Å². The summed E-state index contributed by atoms with van der Waals surface area (Å²) in [4.78, 5) is 11.9. The number of esters is 1. The zero-order valence-electron chi connectivity index (χ0n) is 10.7. The van der Waals surface area contributed by atoms with Crippen LogP contribution < -0.4 is 5.43 Å². The lowest BCUT2D eigenvalue weighted by Gasteiger charge is -2.25. The van der Waals surface area contributed by atoms with Gasteiger partial charge in [-0.1, -0.05) is 30.3 Å². The third-order valence-electron chi connectivity index (χ3n) is 3.05. The van der Waals surface area contributed by atoms with Crippen molar-refractivity contribution in [3.05, 3.63) is 47.2 Å². The molecule has 1 atom stereocenters. The van der Waals surface area contributed by atoms with Gasteiger partial charge in [-0.25, -0.2) is 4.79 Å². The zero-order chi connectivity index (χ0) is 13.1. The van der Waals surface area contributed by atoms with E-state index in [2.05, 4.69) is 10.5 Å². The second-order valence-electron chi connectivity index (χ2n) is 4.24. The van der Waals surface area contributed by atoms with Crippen molar-refractivity contribution in [2.24, 2.45) is 5.10 Å². The first kappa shape index (κ1) is 12.4. The Balaban J connectivity index is 2.50. The molecule has 2 rings (SSSR count). The fourth-order valence-electron chi connectivity index (χ4n) is 2.16. The molecule has 0 spiro atoms. The number of methoxy groups -OCH3 is 1. The maximum atomic E-state index is 11.9. The summed E-state index contributed by atoms with van der Waals surface area (Å²) in [5.74, 6) is -0.456. The van der Waals surface area contributed by atoms with E-state index in [1.165, 1.54) is 7.11 Å². The molecule has 0 amide bonds. The second-order valence-corrected chi connectivity index (χ2v) is 4.24. The van der Waals surface area contributed by atoms with Gasteiger partial charge in [0.2, 0.25) is 0 Å². The van der Waals surface area contributed by atoms with E-state index in [0.717, 1.165) is 17.0 Å². The van der Waals surface area contributed by atoms with Gasteiger partial charge >= 0.3 is 5.97 Å². The summed E-state index contributed by atoms with van der Waals surface area (Å²) in [6.45, 7) is 3.73. The van der Waals surface area contributed by atoms with Gasteiger partial charge < -0.3 is 4.74 Å². The van der Waals surface area contributed by atoms with Gasteiger partial charge in [-0.05, 0) is 19.4 Å². The van der Waals surface area contributed by atoms with Gasteiger partial charge in [-0.15, -0.1) is 0 Å². The molecular weight excluding hydrogens is 228 g/mol. The Morgan fingerprint density at radius 2 is 1.94 bits per heavy atom. The van der Waals surface area contributed by atoms with Crippen molar-refractivity contribution in [1.29, 1.82) is 0 Å². The highest BCUT2D eigenvalue weighted by molar-refractivity contribution is 6.03. The van der Waals surface area contributed by atoms with Crippen LogP contribution in [-0.2, 0) is 9.53 Å². The summed E-state index contributed by atoms with van der Waals surface area (Å²) in [5, 5.41) is 4.24. The van der Waals surface area contributed by atoms with Gasteiger partial charge in [0.1, 0.15) is 0 Å². The summed E-state index contributed by atoms with van der Waals surface area (Å²) in [6, 6.07) is 9.84. The predicted molar refractivity (Wildman–Crippen MR) is 70.1 cm³/mol. The van der Waals surface area contributed by atoms with Crippen molar-refractivity contribution in [3.8, 4) is 0 Å². The predicted octanol–water partition coefficient (Wildman–Crippen LogP) is 2.20. The topological polar surface area (TPSA) is 50.7 Å². The zero-order valence-corrected chi connectivity index (χ0v) is 10.7. The van der Waals surface area contributed by atoms with E-state index >= 15 is 0 Å². The van der Waals surface area contributed by atoms with E-state index in [1.807, 2.05) is 44.2 Å². The van der Waals surface area contributed by atoms with Crippen molar-refractivity contribution in [2.75, 3.05) is 7.11 Å². The minimum Gasteiger partial charge on any atom is -0.466 e. The molecule has 1 heterocycles. The monoisotopic (exact) mass is 244 g/mol. The summed E-state index contributed by atoms with van der Waals surface area (Å²) < 4.78 is 4.87. The number of carbonyl (C=O) groups excluding carboxylic acids is 1. The van der Waals surface area contributed by atoms with Crippen LogP contribution in [0.2, 0.25) is 0 Å². The number of hydrazone groups is 1. The van der Waals surface area contributed by atoms with Gasteiger partial charge in [0.25, 0.3) is 0 Å². The Morgan fingerprint density at radius 1 is 1.28 bits per heavy atom. The molecule has 0 saturated carbocycles. The van der Waals surface area contributed by atoms with Crippen LogP contribution in [0.25, 0.3) is 0 Å². The normalized spacial score (nSPS) is 19.1. The van der Waals surface area contributed by atoms with Crippen LogP contribution in [-0.4, -0.2) is 18.8 Å². The van der Waals surface area contributed by atoms with Gasteiger partial charge in [-0.3, -0.25) is 5.43 Å². The standard InChI is InChI=1S/C14H16N2O2/c1-9-12(11-7-5-4-6-8-11)13(14(17)18-3)10(2)16-15-9/h4-8,12,16H,1-3H3. The van der Waals surface area contributed by atoms with Gasteiger partial charge in [0.15, 0.2) is 0 Å². The molecule has 1 N–H and O–H groups in total. The number of benzene rings is 1. The summed E-state index contributed by atoms with van der Waals surface area (Å²) in [5.41, 5.74) is 6.12. The average molecular weight is 244 g/mol. The van der Waals surface area contributed by atoms with E-state index in [4.69, 9.17) is 4.74 Å². The molecule has 0 radical (unpaired) electrons. The second kappa shape index (κ2) is 5.04. The number of hydrogen-bond donors (Lipinski definition) is 1. The molecular formula is C14H16N2O2. The molecule has 4 nitrogen and oxygen atoms in total. The highest BCUT2D eigenvalue weighted by atomic mass is 16.5. The Kier molecular flexibility index (Phi) is 3.46. The first-order valence-electron chi connectivity index (χ1n) is 5.79. The number of ether oxygens (including phenoxy) is 1. The molecule has 1 aromatic rings. The number of rotatable bonds is 2. The number of hydrogen-bond acceptors (Lipinski definition) is 4. The van der Waals surface area contributed by atoms with E-state index in [-0.39, 0.29) is 11.9 Å². The molecule has 1 aromatic carbocycles. The molecule has 0 bridgehead atoms. The Morgan fingerprint density at radius 3 is 2.56 bits per heavy atom. The third kappa shape index (κ3) is 2.14. The van der Waals surface area contributed by atoms with E-state index in [9.17, 15) is 4.79 Å². The van der Waals surface area contributed by atoms with Crippen LogP contribution in [0.1, 0.15) is 25.3 Å². The maximum absolute atomic E-state index is 11.9. The maximum Gasteiger partial charge on any atom is 0.336 e. The molecule has 1 unspecified atom stereocenters. The summed E-state index contributed by atoms with van der Waals surface area (Å²) >= 11 is 0. The number of nitrogens with one attached hydrogen (secondary N) is 1. The fourth-order valence-corrected chi connectivity index (χ4v) is 2.16. The Labute approximate surface area is 106 Å². The van der Waals surface area contributed by atoms with Crippen LogP contribution in [0.15, 0.2) is 46.7 Å². The van der Waals surface area contributed by atoms with Crippen LogP contribution in [0.3, 0.4) is 0 Å². The van der Waals surface area contributed by atoms with Crippen LogP contribution >= 0.6 is 0 Å². The molecule has 4 heteroatoms. The lowest BCUT2D eigenvalue weighted by Crippen LogP contribution is -2.29. The van der Waals surface area contributed by atoms with Crippen molar-refractivity contribution in [3.63, 3.8) is 0 Å². The fraction of sp³-hybridized carbons (Fsp3) is 0.286. The average Bonchev–Trinajstić information content (AvgIpc) is 2.41. The molecule has 0 aromatic heterocycles. The minimum atomic E-state index is -0.317. The van der Waals surface area contributed by atoms with Gasteiger partial charge in [0, 0.05) is 11.4 Å². The molecule has 0 saturated heterocycles. The SMILES string of the molecule is COC(=O)C1=C(C)NN=C(C)C1c1ccccc1. The lowest BCUT2D eigenvalue weighted by atomic mass is 9.85. The van der Waals surface area contributed by atoms with E-state index < -0.39 is 0 Å². The lowest BCUT2D eigenvalue weighted by molar-refractivity contribution is -0.136. The van der Waals surface area contributed by atoms with Crippen molar-refractivity contribution in [2.45, 2.75) is 19.8 Å². The first-order valence-corrected chi connectivity index (χ1v) is 5.79. The van der Waals surface area contributed by atoms with Crippen molar-refractivity contribution < 1.29 is 9.53 Å². The van der Waals surface area contributed by atoms with E-state index in [1.54, 1.807) is 0 Å². The number of carbonyl (C=O) groups is 1. The first-order chi connectivity index (χ1) is 8.65. The smallest absolute Gasteiger partial charge is 0.336 e. The third-order valence-corrected chi connectivity index (χ3v) is 3.05. The van der Waals surface area contributed by atoms with Crippen molar-refractivity contribution >= 4 is 11.7 Å². The van der Waals surface area contributed by atoms with Gasteiger partial charge in [0.05, 0.1) is 18.6 Å². The molecule has 94 valence electrons. The highest BCUT2D eigenvalue weighted by Gasteiger charge is 2.30.